The van der Waals surface area contributed by atoms with Gasteiger partial charge in [-0.05, 0) is 24.1 Å². The topological polar surface area (TPSA) is 38.1 Å². The van der Waals surface area contributed by atoms with Crippen LogP contribution >= 0.6 is 23.2 Å². The molecule has 0 saturated heterocycles. The van der Waals surface area contributed by atoms with Crippen molar-refractivity contribution in [3.63, 3.8) is 0 Å². The minimum Gasteiger partial charge on any atom is -0.382 e. The molecule has 0 bridgehead atoms. The summed E-state index contributed by atoms with van der Waals surface area (Å²) in [5.41, 5.74) is 2.15. The molecule has 0 saturated carbocycles. The van der Waals surface area contributed by atoms with Crippen LogP contribution in [-0.2, 0) is 7.05 Å². The Morgan fingerprint density at radius 3 is 2.59 bits per heavy atom. The highest BCUT2D eigenvalue weighted by atomic mass is 35.5. The fourth-order valence-corrected chi connectivity index (χ4v) is 2.25. The summed E-state index contributed by atoms with van der Waals surface area (Å²) in [5, 5.41) is 15.4. The van der Waals surface area contributed by atoms with Gasteiger partial charge in [-0.2, -0.15) is 5.10 Å². The Hall–Kier alpha value is -1.03. The largest absolute Gasteiger partial charge is 0.382 e. The first-order valence-electron chi connectivity index (χ1n) is 5.13. The third-order valence-electron chi connectivity index (χ3n) is 2.80. The molecule has 1 unspecified atom stereocenters. The summed E-state index contributed by atoms with van der Waals surface area (Å²) in [7, 11) is 1.74. The zero-order valence-electron chi connectivity index (χ0n) is 9.48. The molecular weight excluding hydrogens is 259 g/mol. The monoisotopic (exact) mass is 270 g/mol. The first-order chi connectivity index (χ1) is 8.02. The van der Waals surface area contributed by atoms with Crippen molar-refractivity contribution in [2.24, 2.45) is 7.05 Å². The van der Waals surface area contributed by atoms with Gasteiger partial charge in [0.2, 0.25) is 0 Å². The molecule has 1 aromatic carbocycles. The SMILES string of the molecule is Cc1c(Cl)cccc1C(O)c1c(Cl)cnn1C. The van der Waals surface area contributed by atoms with Crippen molar-refractivity contribution in [1.29, 1.82) is 0 Å². The standard InChI is InChI=1S/C12H12Cl2N2O/c1-7-8(4-3-5-9(7)13)12(17)11-10(14)6-15-16(11)2/h3-6,12,17H,1-2H3. The molecule has 1 heterocycles. The Kier molecular flexibility index (Phi) is 3.43. The maximum atomic E-state index is 10.3. The fraction of sp³-hybridized carbons (Fsp3) is 0.250. The minimum absolute atomic E-state index is 0.444. The van der Waals surface area contributed by atoms with Gasteiger partial charge in [0.1, 0.15) is 6.10 Å². The Labute approximate surface area is 110 Å². The molecule has 0 aliphatic rings. The number of hydrogen-bond donors (Lipinski definition) is 1. The molecule has 0 amide bonds. The van der Waals surface area contributed by atoms with E-state index in [-0.39, 0.29) is 0 Å². The number of aryl methyl sites for hydroxylation is 1. The van der Waals surface area contributed by atoms with E-state index < -0.39 is 6.10 Å². The van der Waals surface area contributed by atoms with Crippen LogP contribution in [0.5, 0.6) is 0 Å². The van der Waals surface area contributed by atoms with Gasteiger partial charge in [-0.25, -0.2) is 0 Å². The molecule has 1 atom stereocenters. The highest BCUT2D eigenvalue weighted by Crippen LogP contribution is 2.31. The summed E-state index contributed by atoms with van der Waals surface area (Å²) in [4.78, 5) is 0. The average molecular weight is 271 g/mol. The van der Waals surface area contributed by atoms with Gasteiger partial charge in [0.15, 0.2) is 0 Å². The molecule has 2 rings (SSSR count). The summed E-state index contributed by atoms with van der Waals surface area (Å²) >= 11 is 12.0. The maximum Gasteiger partial charge on any atom is 0.122 e. The molecular formula is C12H12Cl2N2O. The number of aliphatic hydroxyl groups is 1. The molecule has 1 aromatic heterocycles. The summed E-state index contributed by atoms with van der Waals surface area (Å²) < 4.78 is 1.56. The second kappa shape index (κ2) is 4.69. The van der Waals surface area contributed by atoms with Crippen LogP contribution in [0.2, 0.25) is 10.0 Å². The van der Waals surface area contributed by atoms with Crippen molar-refractivity contribution in [2.45, 2.75) is 13.0 Å². The van der Waals surface area contributed by atoms with Crippen molar-refractivity contribution < 1.29 is 5.11 Å². The van der Waals surface area contributed by atoms with E-state index in [0.717, 1.165) is 11.1 Å². The predicted octanol–water partition coefficient (Wildman–Crippen LogP) is 3.12. The van der Waals surface area contributed by atoms with Crippen LogP contribution in [0.15, 0.2) is 24.4 Å². The molecule has 1 N–H and O–H groups in total. The van der Waals surface area contributed by atoms with Gasteiger partial charge < -0.3 is 5.11 Å². The van der Waals surface area contributed by atoms with Crippen LogP contribution in [0, 0.1) is 6.92 Å². The van der Waals surface area contributed by atoms with Crippen LogP contribution in [0.3, 0.4) is 0 Å². The van der Waals surface area contributed by atoms with Crippen molar-refractivity contribution in [3.05, 3.63) is 51.3 Å². The molecule has 0 fully saturated rings. The molecule has 17 heavy (non-hydrogen) atoms. The number of aromatic nitrogens is 2. The molecule has 2 aromatic rings. The van der Waals surface area contributed by atoms with E-state index in [2.05, 4.69) is 5.10 Å². The van der Waals surface area contributed by atoms with Gasteiger partial charge in [-0.1, -0.05) is 35.3 Å². The van der Waals surface area contributed by atoms with E-state index in [1.165, 1.54) is 6.20 Å². The quantitative estimate of drug-likeness (QED) is 0.911. The number of benzene rings is 1. The zero-order valence-corrected chi connectivity index (χ0v) is 11.0. The van der Waals surface area contributed by atoms with Crippen molar-refractivity contribution in [2.75, 3.05) is 0 Å². The third kappa shape index (κ3) is 2.18. The van der Waals surface area contributed by atoms with Gasteiger partial charge in [0.25, 0.3) is 0 Å². The van der Waals surface area contributed by atoms with Gasteiger partial charge in [-0.3, -0.25) is 4.68 Å². The van der Waals surface area contributed by atoms with Crippen molar-refractivity contribution in [3.8, 4) is 0 Å². The highest BCUT2D eigenvalue weighted by molar-refractivity contribution is 6.31. The lowest BCUT2D eigenvalue weighted by Crippen LogP contribution is -2.08. The van der Waals surface area contributed by atoms with Crippen LogP contribution in [-0.4, -0.2) is 14.9 Å². The van der Waals surface area contributed by atoms with Gasteiger partial charge in [-0.15, -0.1) is 0 Å². The Balaban J connectivity index is 2.51. The highest BCUT2D eigenvalue weighted by Gasteiger charge is 2.20. The molecule has 0 radical (unpaired) electrons. The van der Waals surface area contributed by atoms with Crippen LogP contribution in [0.25, 0.3) is 0 Å². The second-order valence-electron chi connectivity index (χ2n) is 3.86. The van der Waals surface area contributed by atoms with E-state index in [1.54, 1.807) is 23.9 Å². The molecule has 3 nitrogen and oxygen atoms in total. The van der Waals surface area contributed by atoms with E-state index >= 15 is 0 Å². The molecule has 5 heteroatoms. The van der Waals surface area contributed by atoms with Crippen LogP contribution in [0.1, 0.15) is 22.9 Å². The smallest absolute Gasteiger partial charge is 0.122 e. The molecule has 90 valence electrons. The molecule has 0 aliphatic heterocycles. The first-order valence-corrected chi connectivity index (χ1v) is 5.88. The van der Waals surface area contributed by atoms with Gasteiger partial charge in [0, 0.05) is 12.1 Å². The first kappa shape index (κ1) is 12.4. The number of halogens is 2. The van der Waals surface area contributed by atoms with Gasteiger partial charge in [0.05, 0.1) is 16.9 Å². The third-order valence-corrected chi connectivity index (χ3v) is 3.50. The van der Waals surface area contributed by atoms with Crippen molar-refractivity contribution >= 4 is 23.2 Å². The molecule has 0 aliphatic carbocycles. The lowest BCUT2D eigenvalue weighted by atomic mass is 10.0. The summed E-state index contributed by atoms with van der Waals surface area (Å²) in [6, 6.07) is 5.42. The van der Waals surface area contributed by atoms with E-state index in [9.17, 15) is 5.11 Å². The van der Waals surface area contributed by atoms with Crippen molar-refractivity contribution in [1.82, 2.24) is 9.78 Å². The van der Waals surface area contributed by atoms with E-state index in [4.69, 9.17) is 23.2 Å². The summed E-state index contributed by atoms with van der Waals surface area (Å²) in [6.45, 7) is 1.87. The van der Waals surface area contributed by atoms with E-state index in [1.807, 2.05) is 13.0 Å². The van der Waals surface area contributed by atoms with Crippen LogP contribution in [0.4, 0.5) is 0 Å². The minimum atomic E-state index is -0.825. The summed E-state index contributed by atoms with van der Waals surface area (Å²) in [5.74, 6) is 0. The average Bonchev–Trinajstić information content (AvgIpc) is 2.62. The fourth-order valence-electron chi connectivity index (χ4n) is 1.80. The van der Waals surface area contributed by atoms with Crippen LogP contribution < -0.4 is 0 Å². The maximum absolute atomic E-state index is 10.3. The molecule has 0 spiro atoms. The Morgan fingerprint density at radius 2 is 2.00 bits per heavy atom. The van der Waals surface area contributed by atoms with E-state index in [0.29, 0.717) is 15.7 Å². The number of nitrogens with zero attached hydrogens (tertiary/aromatic N) is 2. The number of hydrogen-bond acceptors (Lipinski definition) is 2. The zero-order chi connectivity index (χ0) is 12.6. The Morgan fingerprint density at radius 1 is 1.29 bits per heavy atom. The lowest BCUT2D eigenvalue weighted by Gasteiger charge is -2.15. The predicted molar refractivity (Wildman–Crippen MR) is 68.5 cm³/mol. The normalized spacial score (nSPS) is 12.8. The second-order valence-corrected chi connectivity index (χ2v) is 4.67. The number of rotatable bonds is 2. The Bertz CT molecular complexity index is 532. The lowest BCUT2D eigenvalue weighted by molar-refractivity contribution is 0.209. The number of aliphatic hydroxyl groups excluding tert-OH is 1. The van der Waals surface area contributed by atoms with Gasteiger partial charge >= 0.3 is 0 Å². The summed E-state index contributed by atoms with van der Waals surface area (Å²) in [6.07, 6.45) is 0.689.